The van der Waals surface area contributed by atoms with Gasteiger partial charge in [0.05, 0.1) is 0 Å². The number of benzene rings is 3. The molecule has 0 aliphatic carbocycles. The van der Waals surface area contributed by atoms with E-state index >= 15 is 0 Å². The predicted molar refractivity (Wildman–Crippen MR) is 95.4 cm³/mol. The van der Waals surface area contributed by atoms with Crippen LogP contribution in [-0.2, 0) is 6.54 Å². The van der Waals surface area contributed by atoms with E-state index < -0.39 is 6.10 Å². The molecule has 0 aliphatic heterocycles. The molecule has 0 fully saturated rings. The molecule has 0 amide bonds. The Morgan fingerprint density at radius 2 is 1.50 bits per heavy atom. The van der Waals surface area contributed by atoms with E-state index in [1.807, 2.05) is 24.3 Å². The van der Waals surface area contributed by atoms with E-state index in [9.17, 15) is 10.2 Å². The summed E-state index contributed by atoms with van der Waals surface area (Å²) in [6.45, 7) is 1.37. The van der Waals surface area contributed by atoms with Crippen molar-refractivity contribution in [2.24, 2.45) is 0 Å². The average molecular weight is 320 g/mol. The fraction of sp³-hybridized carbons (Fsp3) is 0.143. The second-order valence-electron chi connectivity index (χ2n) is 5.90. The second kappa shape index (κ2) is 7.77. The van der Waals surface area contributed by atoms with Crippen LogP contribution in [0.1, 0.15) is 17.2 Å². The summed E-state index contributed by atoms with van der Waals surface area (Å²) in [5, 5.41) is 21.7. The van der Waals surface area contributed by atoms with Gasteiger partial charge < -0.3 is 15.5 Å². The number of phenols is 1. The molecule has 3 rings (SSSR count). The van der Waals surface area contributed by atoms with E-state index in [0.717, 1.165) is 12.1 Å². The summed E-state index contributed by atoms with van der Waals surface area (Å²) in [6, 6.07) is 25.6. The van der Waals surface area contributed by atoms with Gasteiger partial charge in [-0.25, -0.2) is 0 Å². The lowest BCUT2D eigenvalue weighted by molar-refractivity contribution is -0.677. The number of nitrogens with two attached hydrogens (primary N) is 1. The Hall–Kier alpha value is -2.62. The van der Waals surface area contributed by atoms with Gasteiger partial charge in [-0.15, -0.1) is 0 Å². The van der Waals surface area contributed by atoms with E-state index in [1.165, 1.54) is 16.7 Å². The normalized spacial score (nSPS) is 12.0. The molecule has 0 saturated carbocycles. The molecule has 1 atom stereocenters. The van der Waals surface area contributed by atoms with Gasteiger partial charge in [-0.2, -0.15) is 0 Å². The molecule has 122 valence electrons. The highest BCUT2D eigenvalue weighted by Gasteiger charge is 2.10. The van der Waals surface area contributed by atoms with Gasteiger partial charge in [0, 0.05) is 5.56 Å². The van der Waals surface area contributed by atoms with Gasteiger partial charge in [-0.1, -0.05) is 66.7 Å². The third-order valence-electron chi connectivity index (χ3n) is 4.09. The Morgan fingerprint density at radius 3 is 2.21 bits per heavy atom. The Balaban J connectivity index is 1.54. The number of rotatable bonds is 6. The van der Waals surface area contributed by atoms with Crippen LogP contribution in [0.25, 0.3) is 11.1 Å². The predicted octanol–water partition coefficient (Wildman–Crippen LogP) is 2.86. The number of quaternary nitrogens is 1. The second-order valence-corrected chi connectivity index (χ2v) is 5.90. The monoisotopic (exact) mass is 320 g/mol. The first-order chi connectivity index (χ1) is 11.7. The van der Waals surface area contributed by atoms with E-state index in [2.05, 4.69) is 41.7 Å². The zero-order valence-corrected chi connectivity index (χ0v) is 13.5. The Morgan fingerprint density at radius 1 is 0.792 bits per heavy atom. The minimum Gasteiger partial charge on any atom is -0.508 e. The molecule has 3 aromatic rings. The maximum absolute atomic E-state index is 10.2. The van der Waals surface area contributed by atoms with E-state index in [-0.39, 0.29) is 5.75 Å². The van der Waals surface area contributed by atoms with Crippen molar-refractivity contribution in [1.29, 1.82) is 0 Å². The van der Waals surface area contributed by atoms with Gasteiger partial charge in [0.2, 0.25) is 0 Å². The van der Waals surface area contributed by atoms with Crippen molar-refractivity contribution >= 4 is 0 Å². The molecule has 3 heteroatoms. The van der Waals surface area contributed by atoms with Crippen LogP contribution in [0.15, 0.2) is 78.9 Å². The molecule has 0 aliphatic rings. The van der Waals surface area contributed by atoms with Gasteiger partial charge >= 0.3 is 0 Å². The molecule has 0 aromatic heterocycles. The third kappa shape index (κ3) is 4.22. The van der Waals surface area contributed by atoms with Crippen LogP contribution in [0.4, 0.5) is 0 Å². The highest BCUT2D eigenvalue weighted by molar-refractivity contribution is 5.63. The first-order valence-electron chi connectivity index (χ1n) is 8.15. The van der Waals surface area contributed by atoms with Crippen molar-refractivity contribution in [3.63, 3.8) is 0 Å². The molecule has 4 N–H and O–H groups in total. The summed E-state index contributed by atoms with van der Waals surface area (Å²) in [7, 11) is 0. The van der Waals surface area contributed by atoms with Crippen molar-refractivity contribution < 1.29 is 15.5 Å². The van der Waals surface area contributed by atoms with Crippen LogP contribution in [0.3, 0.4) is 0 Å². The maximum Gasteiger partial charge on any atom is 0.128 e. The summed E-state index contributed by atoms with van der Waals surface area (Å²) in [5.74, 6) is 0.183. The standard InChI is InChI=1S/C21H21NO2/c23-20-8-4-7-19(13-20)21(24)15-22-14-16-9-11-18(12-10-16)17-5-2-1-3-6-17/h1-13,21-24H,14-15H2/p+1/t21-/m0/s1. The lowest BCUT2D eigenvalue weighted by Gasteiger charge is -2.10. The quantitative estimate of drug-likeness (QED) is 0.654. The third-order valence-corrected chi connectivity index (χ3v) is 4.09. The van der Waals surface area contributed by atoms with Crippen molar-refractivity contribution in [3.05, 3.63) is 90.0 Å². The number of aliphatic hydroxyl groups is 1. The van der Waals surface area contributed by atoms with Crippen molar-refractivity contribution in [2.45, 2.75) is 12.6 Å². The van der Waals surface area contributed by atoms with Gasteiger partial charge in [-0.05, 0) is 28.8 Å². The Bertz CT molecular complexity index is 769. The van der Waals surface area contributed by atoms with Crippen molar-refractivity contribution in [1.82, 2.24) is 0 Å². The number of aromatic hydroxyl groups is 1. The molecule has 0 unspecified atom stereocenters. The van der Waals surface area contributed by atoms with Crippen LogP contribution < -0.4 is 5.32 Å². The minimum absolute atomic E-state index is 0.183. The zero-order chi connectivity index (χ0) is 16.8. The number of phenolic OH excluding ortho intramolecular Hbond substituents is 1. The molecule has 0 bridgehead atoms. The highest BCUT2D eigenvalue weighted by atomic mass is 16.3. The lowest BCUT2D eigenvalue weighted by atomic mass is 10.0. The zero-order valence-electron chi connectivity index (χ0n) is 13.5. The number of hydrogen-bond donors (Lipinski definition) is 3. The average Bonchev–Trinajstić information content (AvgIpc) is 2.63. The summed E-state index contributed by atoms with van der Waals surface area (Å²) in [5.41, 5.74) is 4.38. The van der Waals surface area contributed by atoms with E-state index in [1.54, 1.807) is 18.2 Å². The molecule has 0 spiro atoms. The largest absolute Gasteiger partial charge is 0.508 e. The van der Waals surface area contributed by atoms with Crippen LogP contribution >= 0.6 is 0 Å². The summed E-state index contributed by atoms with van der Waals surface area (Å²) in [4.78, 5) is 0. The summed E-state index contributed by atoms with van der Waals surface area (Å²) in [6.07, 6.45) is -0.583. The molecule has 0 saturated heterocycles. The maximum atomic E-state index is 10.2. The summed E-state index contributed by atoms with van der Waals surface area (Å²) < 4.78 is 0. The first kappa shape index (κ1) is 16.2. The SMILES string of the molecule is Oc1cccc([C@@H](O)C[NH2+]Cc2ccc(-c3ccccc3)cc2)c1. The molecular formula is C21H22NO2+. The smallest absolute Gasteiger partial charge is 0.128 e. The Labute approximate surface area is 142 Å². The van der Waals surface area contributed by atoms with Gasteiger partial charge in [0.15, 0.2) is 0 Å². The highest BCUT2D eigenvalue weighted by Crippen LogP contribution is 2.19. The molecular weight excluding hydrogens is 298 g/mol. The molecule has 3 nitrogen and oxygen atoms in total. The molecule has 0 heterocycles. The molecule has 24 heavy (non-hydrogen) atoms. The van der Waals surface area contributed by atoms with Crippen molar-refractivity contribution in [3.8, 4) is 16.9 Å². The number of aliphatic hydroxyl groups excluding tert-OH is 1. The van der Waals surface area contributed by atoms with Crippen LogP contribution in [-0.4, -0.2) is 16.8 Å². The van der Waals surface area contributed by atoms with E-state index in [0.29, 0.717) is 6.54 Å². The van der Waals surface area contributed by atoms with Crippen LogP contribution in [0.5, 0.6) is 5.75 Å². The fourth-order valence-corrected chi connectivity index (χ4v) is 2.74. The van der Waals surface area contributed by atoms with E-state index in [4.69, 9.17) is 0 Å². The van der Waals surface area contributed by atoms with Gasteiger partial charge in [0.1, 0.15) is 24.9 Å². The van der Waals surface area contributed by atoms with Crippen LogP contribution in [0, 0.1) is 0 Å². The van der Waals surface area contributed by atoms with Gasteiger partial charge in [0.25, 0.3) is 0 Å². The molecule has 0 radical (unpaired) electrons. The first-order valence-corrected chi connectivity index (χ1v) is 8.15. The Kier molecular flexibility index (Phi) is 5.26. The fourth-order valence-electron chi connectivity index (χ4n) is 2.74. The number of hydrogen-bond acceptors (Lipinski definition) is 2. The lowest BCUT2D eigenvalue weighted by Crippen LogP contribution is -2.83. The van der Waals surface area contributed by atoms with Crippen molar-refractivity contribution in [2.75, 3.05) is 6.54 Å². The topological polar surface area (TPSA) is 57.1 Å². The van der Waals surface area contributed by atoms with Gasteiger partial charge in [-0.3, -0.25) is 0 Å². The summed E-state index contributed by atoms with van der Waals surface area (Å²) >= 11 is 0. The van der Waals surface area contributed by atoms with Crippen LogP contribution in [0.2, 0.25) is 0 Å². The minimum atomic E-state index is -0.583. The molecule has 3 aromatic carbocycles.